The van der Waals surface area contributed by atoms with Gasteiger partial charge in [0, 0.05) is 35.1 Å². The lowest BCUT2D eigenvalue weighted by Crippen LogP contribution is -2.57. The number of benzene rings is 1. The second kappa shape index (κ2) is 17.2. The molecule has 2 aromatic heterocycles. The average Bonchev–Trinajstić information content (AvgIpc) is 3.57. The summed E-state index contributed by atoms with van der Waals surface area (Å²) >= 11 is 4.88. The molecular weight excluding hydrogens is 832 g/mol. The quantitative estimate of drug-likeness (QED) is 0.126. The van der Waals surface area contributed by atoms with Crippen LogP contribution in [0.25, 0.3) is 22.3 Å². The van der Waals surface area contributed by atoms with Crippen molar-refractivity contribution in [2.24, 2.45) is 17.3 Å². The van der Waals surface area contributed by atoms with Gasteiger partial charge >= 0.3 is 12.1 Å². The number of likely N-dealkylation sites (tertiary alicyclic amines) is 1. The maximum Gasteiger partial charge on any atom is 0.408 e. The van der Waals surface area contributed by atoms with Gasteiger partial charge in [-0.1, -0.05) is 40.7 Å². The van der Waals surface area contributed by atoms with E-state index in [-0.39, 0.29) is 43.7 Å². The SMILES string of the molecule is C=CC1CC1(NC(=O)C1C[C@H](Oc2cc(-c3csc(NC(=O)C(C)C)n3)nc3c(Br)c(OC)ccc23)CN1C(=O)C(CC(C)(C)C)NC(=O)OC1CCCC1)C(=O)O. The molecule has 312 valence electrons. The number of amides is 4. The van der Waals surface area contributed by atoms with E-state index in [4.69, 9.17) is 19.2 Å². The van der Waals surface area contributed by atoms with E-state index in [1.165, 1.54) is 29.4 Å². The van der Waals surface area contributed by atoms with Crippen molar-refractivity contribution in [1.29, 1.82) is 0 Å². The number of pyridine rings is 1. The molecule has 1 saturated heterocycles. The Labute approximate surface area is 349 Å². The summed E-state index contributed by atoms with van der Waals surface area (Å²) in [4.78, 5) is 77.7. The van der Waals surface area contributed by atoms with E-state index in [0.29, 0.717) is 43.4 Å². The molecule has 1 aliphatic heterocycles. The third kappa shape index (κ3) is 9.41. The second-order valence-corrected chi connectivity index (χ2v) is 18.4. The van der Waals surface area contributed by atoms with E-state index >= 15 is 0 Å². The lowest BCUT2D eigenvalue weighted by Gasteiger charge is -2.32. The van der Waals surface area contributed by atoms with Gasteiger partial charge in [-0.05, 0) is 72.0 Å². The smallest absolute Gasteiger partial charge is 0.408 e. The fourth-order valence-corrected chi connectivity index (χ4v) is 8.82. The van der Waals surface area contributed by atoms with Crippen molar-refractivity contribution in [3.63, 3.8) is 0 Å². The number of carboxylic acids is 1. The van der Waals surface area contributed by atoms with Crippen LogP contribution in [-0.2, 0) is 23.9 Å². The first-order valence-corrected chi connectivity index (χ1v) is 21.2. The molecule has 1 aromatic carbocycles. The van der Waals surface area contributed by atoms with E-state index in [9.17, 15) is 29.1 Å². The van der Waals surface area contributed by atoms with Crippen LogP contribution in [0.3, 0.4) is 0 Å². The average molecular weight is 884 g/mol. The number of hydrogen-bond acceptors (Lipinski definition) is 11. The van der Waals surface area contributed by atoms with E-state index in [2.05, 4.69) is 43.4 Å². The second-order valence-electron chi connectivity index (χ2n) is 16.7. The minimum atomic E-state index is -1.54. The molecule has 15 nitrogen and oxygen atoms in total. The molecule has 3 aliphatic rings. The number of carbonyl (C=O) groups is 5. The van der Waals surface area contributed by atoms with Crippen LogP contribution in [0.2, 0.25) is 0 Å². The Bertz CT molecular complexity index is 2100. The van der Waals surface area contributed by atoms with Gasteiger partial charge in [0.05, 0.1) is 29.3 Å². The zero-order valence-electron chi connectivity index (χ0n) is 33.6. The van der Waals surface area contributed by atoms with Gasteiger partial charge in [0.15, 0.2) is 5.13 Å². The molecule has 2 aliphatic carbocycles. The summed E-state index contributed by atoms with van der Waals surface area (Å²) in [6.07, 6.45) is 3.65. The van der Waals surface area contributed by atoms with Gasteiger partial charge in [0.25, 0.3) is 0 Å². The van der Waals surface area contributed by atoms with Crippen LogP contribution >= 0.6 is 27.3 Å². The van der Waals surface area contributed by atoms with Crippen molar-refractivity contribution in [2.75, 3.05) is 19.0 Å². The molecule has 5 atom stereocenters. The number of thiazole rings is 1. The number of carbonyl (C=O) groups excluding carboxylic acids is 4. The molecule has 0 radical (unpaired) electrons. The van der Waals surface area contributed by atoms with Crippen LogP contribution < -0.4 is 25.4 Å². The predicted molar refractivity (Wildman–Crippen MR) is 222 cm³/mol. The highest BCUT2D eigenvalue weighted by atomic mass is 79.9. The van der Waals surface area contributed by atoms with Crippen LogP contribution in [-0.4, -0.2) is 93.2 Å². The van der Waals surface area contributed by atoms with Gasteiger partial charge in [-0.15, -0.1) is 17.9 Å². The summed E-state index contributed by atoms with van der Waals surface area (Å²) in [6, 6.07) is 3.07. The standard InChI is InChI=1S/C41H51BrN6O9S/c1-8-22-17-41(22,37(52)53)47-35(50)29-15-24(19-48(29)36(51)27(18-40(4,5)6)45-39(54)57-23-11-9-10-12-23)56-31-16-26(28-20-58-38(44-28)46-34(49)21(2)3)43-33-25(31)13-14-30(55-7)32(33)42/h8,13-14,16,20-24,27,29H,1,9-12,15,17-19H2,2-7H3,(H,45,54)(H,47,50)(H,52,53)(H,44,46,49)/t22?,24-,27?,29?,41?/m0/s1. The predicted octanol–water partition coefficient (Wildman–Crippen LogP) is 6.69. The Morgan fingerprint density at radius 1 is 1.10 bits per heavy atom. The lowest BCUT2D eigenvalue weighted by molar-refractivity contribution is -0.145. The van der Waals surface area contributed by atoms with Crippen molar-refractivity contribution in [2.45, 2.75) is 109 Å². The third-order valence-corrected chi connectivity index (χ3v) is 12.3. The molecule has 17 heteroatoms. The van der Waals surface area contributed by atoms with Gasteiger partial charge < -0.3 is 40.2 Å². The van der Waals surface area contributed by atoms with Crippen LogP contribution in [0.15, 0.2) is 40.7 Å². The summed E-state index contributed by atoms with van der Waals surface area (Å²) in [7, 11) is 1.54. The zero-order valence-corrected chi connectivity index (χ0v) is 36.0. The number of aliphatic carboxylic acids is 1. The lowest BCUT2D eigenvalue weighted by atomic mass is 9.87. The van der Waals surface area contributed by atoms with Crippen molar-refractivity contribution in [3.05, 3.63) is 40.7 Å². The molecular formula is C41H51BrN6O9S. The fourth-order valence-electron chi connectivity index (χ4n) is 7.51. The Morgan fingerprint density at radius 3 is 2.45 bits per heavy atom. The Kier molecular flexibility index (Phi) is 12.7. The van der Waals surface area contributed by atoms with Gasteiger partial charge in [0.2, 0.25) is 17.7 Å². The molecule has 58 heavy (non-hydrogen) atoms. The number of carboxylic acid groups (broad SMARTS) is 1. The monoisotopic (exact) mass is 882 g/mol. The normalized spacial score (nSPS) is 22.3. The van der Waals surface area contributed by atoms with Crippen LogP contribution in [0.5, 0.6) is 11.5 Å². The number of aromatic nitrogens is 2. The summed E-state index contributed by atoms with van der Waals surface area (Å²) in [5.74, 6) is -2.36. The maximum absolute atomic E-state index is 14.7. The number of ether oxygens (including phenoxy) is 3. The molecule has 0 bridgehead atoms. The summed E-state index contributed by atoms with van der Waals surface area (Å²) in [5.41, 5.74) is -0.549. The number of hydrogen-bond donors (Lipinski definition) is 4. The minimum Gasteiger partial charge on any atom is -0.495 e. The highest BCUT2D eigenvalue weighted by Crippen LogP contribution is 2.45. The van der Waals surface area contributed by atoms with E-state index in [1.807, 2.05) is 20.8 Å². The molecule has 2 saturated carbocycles. The highest BCUT2D eigenvalue weighted by molar-refractivity contribution is 9.10. The summed E-state index contributed by atoms with van der Waals surface area (Å²) in [5, 5.41) is 21.2. The molecule has 4 unspecified atom stereocenters. The zero-order chi connectivity index (χ0) is 42.1. The first-order chi connectivity index (χ1) is 27.4. The molecule has 3 aromatic rings. The number of alkyl carbamates (subject to hydrolysis) is 1. The largest absolute Gasteiger partial charge is 0.495 e. The van der Waals surface area contributed by atoms with Crippen LogP contribution in [0.1, 0.15) is 79.6 Å². The Hall–Kier alpha value is -4.77. The van der Waals surface area contributed by atoms with Crippen LogP contribution in [0, 0.1) is 17.3 Å². The van der Waals surface area contributed by atoms with E-state index in [1.54, 1.807) is 37.4 Å². The molecule has 4 amide bonds. The first-order valence-electron chi connectivity index (χ1n) is 19.5. The van der Waals surface area contributed by atoms with Gasteiger partial charge in [0.1, 0.15) is 47.0 Å². The van der Waals surface area contributed by atoms with E-state index < -0.39 is 58.9 Å². The minimum absolute atomic E-state index is 0.0132. The Morgan fingerprint density at radius 2 is 1.83 bits per heavy atom. The van der Waals surface area contributed by atoms with Gasteiger partial charge in [-0.25, -0.2) is 19.6 Å². The molecule has 6 rings (SSSR count). The maximum atomic E-state index is 14.7. The van der Waals surface area contributed by atoms with Crippen molar-refractivity contribution in [3.8, 4) is 22.9 Å². The van der Waals surface area contributed by atoms with E-state index in [0.717, 1.165) is 25.7 Å². The molecule has 0 spiro atoms. The van der Waals surface area contributed by atoms with Gasteiger partial charge in [-0.3, -0.25) is 14.4 Å². The number of halogens is 1. The topological polar surface area (TPSA) is 198 Å². The summed E-state index contributed by atoms with van der Waals surface area (Å²) < 4.78 is 18.5. The van der Waals surface area contributed by atoms with Crippen molar-refractivity contribution in [1.82, 2.24) is 25.5 Å². The Balaban J connectivity index is 1.34. The third-order valence-electron chi connectivity index (χ3n) is 10.7. The fraction of sp³-hybridized carbons (Fsp3) is 0.537. The number of methoxy groups -OCH3 is 1. The van der Waals surface area contributed by atoms with Crippen molar-refractivity contribution >= 4 is 73.1 Å². The summed E-state index contributed by atoms with van der Waals surface area (Å²) in [6.45, 7) is 13.1. The molecule has 4 N–H and O–H groups in total. The van der Waals surface area contributed by atoms with Gasteiger partial charge in [-0.2, -0.15) is 0 Å². The number of nitrogens with one attached hydrogen (secondary N) is 3. The number of fused-ring (bicyclic) bond motifs is 1. The number of nitrogens with zero attached hydrogens (tertiary/aromatic N) is 3. The first kappa shape index (κ1) is 42.8. The molecule has 3 fully saturated rings. The van der Waals surface area contributed by atoms with Crippen molar-refractivity contribution < 1.29 is 43.3 Å². The molecule has 3 heterocycles. The highest BCUT2D eigenvalue weighted by Gasteiger charge is 2.61. The number of rotatable bonds is 14. The number of anilines is 1. The van der Waals surface area contributed by atoms with Crippen LogP contribution in [0.4, 0.5) is 9.93 Å².